The lowest BCUT2D eigenvalue weighted by molar-refractivity contribution is -0.146. The van der Waals surface area contributed by atoms with Gasteiger partial charge in [0, 0.05) is 25.1 Å². The maximum absolute atomic E-state index is 13.2. The largest absolute Gasteiger partial charge is 0.382 e. The molecule has 1 saturated heterocycles. The highest BCUT2D eigenvalue weighted by Crippen LogP contribution is 2.19. The van der Waals surface area contributed by atoms with Crippen LogP contribution in [0.3, 0.4) is 0 Å². The van der Waals surface area contributed by atoms with E-state index in [1.165, 1.54) is 12.1 Å². The van der Waals surface area contributed by atoms with Crippen molar-refractivity contribution in [3.05, 3.63) is 35.6 Å². The van der Waals surface area contributed by atoms with Crippen molar-refractivity contribution in [1.82, 2.24) is 4.90 Å². The molecule has 0 saturated carbocycles. The summed E-state index contributed by atoms with van der Waals surface area (Å²) in [4.78, 5) is 19.2. The maximum atomic E-state index is 13.2. The summed E-state index contributed by atoms with van der Waals surface area (Å²) in [5, 5.41) is 3.92. The molecule has 0 radical (unpaired) electrons. The first-order valence-corrected chi connectivity index (χ1v) is 6.59. The van der Waals surface area contributed by atoms with Gasteiger partial charge in [-0.25, -0.2) is 4.39 Å². The highest BCUT2D eigenvalue weighted by Gasteiger charge is 2.33. The highest BCUT2D eigenvalue weighted by molar-refractivity contribution is 6.04. The Hall–Kier alpha value is -1.95. The van der Waals surface area contributed by atoms with Crippen LogP contribution in [0.1, 0.15) is 12.0 Å². The second-order valence-electron chi connectivity index (χ2n) is 4.78. The third-order valence-corrected chi connectivity index (χ3v) is 3.42. The molecule has 0 aliphatic carbocycles. The standard InChI is InChI=1S/C14H15FN2O3/c15-11-3-1-2-10(8-11)12-9-13(20-16-12)14(18)17-4-6-19-7-5-17/h1-3,8,13H,4-7,9H2/t13-/m1/s1. The Labute approximate surface area is 116 Å². The molecule has 3 rings (SSSR count). The summed E-state index contributed by atoms with van der Waals surface area (Å²) < 4.78 is 18.4. The normalized spacial score (nSPS) is 22.4. The fourth-order valence-corrected chi connectivity index (χ4v) is 2.34. The third-order valence-electron chi connectivity index (χ3n) is 3.42. The van der Waals surface area contributed by atoms with Crippen LogP contribution in [-0.2, 0) is 14.4 Å². The van der Waals surface area contributed by atoms with Gasteiger partial charge in [0.05, 0.1) is 18.9 Å². The van der Waals surface area contributed by atoms with Gasteiger partial charge in [0.25, 0.3) is 5.91 Å². The molecule has 1 atom stereocenters. The fraction of sp³-hybridized carbons (Fsp3) is 0.429. The minimum absolute atomic E-state index is 0.0801. The van der Waals surface area contributed by atoms with Crippen molar-refractivity contribution in [3.63, 3.8) is 0 Å². The van der Waals surface area contributed by atoms with Gasteiger partial charge in [0.15, 0.2) is 0 Å². The third kappa shape index (κ3) is 2.65. The first kappa shape index (κ1) is 13.1. The zero-order valence-corrected chi connectivity index (χ0v) is 10.9. The molecule has 0 spiro atoms. The molecule has 1 amide bonds. The first-order chi connectivity index (χ1) is 9.74. The van der Waals surface area contributed by atoms with Crippen molar-refractivity contribution in [1.29, 1.82) is 0 Å². The Morgan fingerprint density at radius 1 is 1.35 bits per heavy atom. The summed E-state index contributed by atoms with van der Waals surface area (Å²) in [6.07, 6.45) is -0.231. The van der Waals surface area contributed by atoms with E-state index in [2.05, 4.69) is 5.16 Å². The molecule has 0 bridgehead atoms. The molecule has 1 aromatic rings. The van der Waals surface area contributed by atoms with Crippen LogP contribution in [0.2, 0.25) is 0 Å². The van der Waals surface area contributed by atoms with Crippen LogP contribution in [0.4, 0.5) is 4.39 Å². The molecular formula is C14H15FN2O3. The zero-order valence-electron chi connectivity index (χ0n) is 10.9. The summed E-state index contributed by atoms with van der Waals surface area (Å²) in [7, 11) is 0. The fourth-order valence-electron chi connectivity index (χ4n) is 2.34. The van der Waals surface area contributed by atoms with Gasteiger partial charge >= 0.3 is 0 Å². The highest BCUT2D eigenvalue weighted by atomic mass is 19.1. The van der Waals surface area contributed by atoms with Gasteiger partial charge in [-0.1, -0.05) is 17.3 Å². The topological polar surface area (TPSA) is 51.1 Å². The summed E-state index contributed by atoms with van der Waals surface area (Å²) >= 11 is 0. The number of amides is 1. The van der Waals surface area contributed by atoms with Crippen LogP contribution >= 0.6 is 0 Å². The van der Waals surface area contributed by atoms with Crippen molar-refractivity contribution in [3.8, 4) is 0 Å². The molecular weight excluding hydrogens is 263 g/mol. The van der Waals surface area contributed by atoms with Crippen LogP contribution in [0.5, 0.6) is 0 Å². The predicted octanol–water partition coefficient (Wildman–Crippen LogP) is 1.18. The number of nitrogens with zero attached hydrogens (tertiary/aromatic N) is 2. The van der Waals surface area contributed by atoms with Crippen LogP contribution in [0.25, 0.3) is 0 Å². The number of benzene rings is 1. The number of oxime groups is 1. The van der Waals surface area contributed by atoms with E-state index < -0.39 is 6.10 Å². The summed E-state index contributed by atoms with van der Waals surface area (Å²) in [5.41, 5.74) is 1.26. The van der Waals surface area contributed by atoms with Crippen LogP contribution in [0, 0.1) is 5.82 Å². The smallest absolute Gasteiger partial charge is 0.267 e. The monoisotopic (exact) mass is 278 g/mol. The quantitative estimate of drug-likeness (QED) is 0.816. The summed E-state index contributed by atoms with van der Waals surface area (Å²) in [6, 6.07) is 6.14. The minimum atomic E-state index is -0.605. The van der Waals surface area contributed by atoms with Crippen LogP contribution in [-0.4, -0.2) is 48.9 Å². The molecule has 2 aliphatic heterocycles. The Kier molecular flexibility index (Phi) is 3.64. The number of halogens is 1. The zero-order chi connectivity index (χ0) is 13.9. The van der Waals surface area contributed by atoms with Crippen molar-refractivity contribution in [2.45, 2.75) is 12.5 Å². The lowest BCUT2D eigenvalue weighted by atomic mass is 10.0. The van der Waals surface area contributed by atoms with Crippen molar-refractivity contribution in [2.24, 2.45) is 5.16 Å². The maximum Gasteiger partial charge on any atom is 0.267 e. The van der Waals surface area contributed by atoms with E-state index in [-0.39, 0.29) is 11.7 Å². The van der Waals surface area contributed by atoms with E-state index >= 15 is 0 Å². The molecule has 0 aromatic heterocycles. The van der Waals surface area contributed by atoms with E-state index in [1.807, 2.05) is 0 Å². The van der Waals surface area contributed by atoms with Gasteiger partial charge in [-0.05, 0) is 12.1 Å². The molecule has 5 nitrogen and oxygen atoms in total. The Morgan fingerprint density at radius 2 is 2.15 bits per heavy atom. The molecule has 2 heterocycles. The second kappa shape index (κ2) is 5.58. The number of morpholine rings is 1. The second-order valence-corrected chi connectivity index (χ2v) is 4.78. The Bertz CT molecular complexity index is 541. The van der Waals surface area contributed by atoms with Gasteiger partial charge in [-0.3, -0.25) is 4.79 Å². The number of rotatable bonds is 2. The number of hydrogen-bond acceptors (Lipinski definition) is 4. The Balaban J connectivity index is 1.65. The summed E-state index contributed by atoms with van der Waals surface area (Å²) in [6.45, 7) is 2.26. The van der Waals surface area contributed by atoms with Crippen molar-refractivity contribution in [2.75, 3.05) is 26.3 Å². The van der Waals surface area contributed by atoms with Crippen LogP contribution in [0.15, 0.2) is 29.4 Å². The van der Waals surface area contributed by atoms with Gasteiger partial charge in [0.1, 0.15) is 5.82 Å². The number of carbonyl (C=O) groups is 1. The molecule has 2 aliphatic rings. The predicted molar refractivity (Wildman–Crippen MR) is 69.8 cm³/mol. The molecule has 6 heteroatoms. The molecule has 20 heavy (non-hydrogen) atoms. The van der Waals surface area contributed by atoms with Gasteiger partial charge in [-0.15, -0.1) is 0 Å². The number of hydrogen-bond donors (Lipinski definition) is 0. The van der Waals surface area contributed by atoms with E-state index in [9.17, 15) is 9.18 Å². The number of carbonyl (C=O) groups excluding carboxylic acids is 1. The van der Waals surface area contributed by atoms with Gasteiger partial charge in [-0.2, -0.15) is 0 Å². The van der Waals surface area contributed by atoms with E-state index in [1.54, 1.807) is 17.0 Å². The van der Waals surface area contributed by atoms with Crippen molar-refractivity contribution < 1.29 is 18.8 Å². The average molecular weight is 278 g/mol. The van der Waals surface area contributed by atoms with Crippen molar-refractivity contribution >= 4 is 11.6 Å². The number of ether oxygens (including phenoxy) is 1. The minimum Gasteiger partial charge on any atom is -0.382 e. The lowest BCUT2D eigenvalue weighted by Gasteiger charge is -2.28. The molecule has 1 fully saturated rings. The van der Waals surface area contributed by atoms with Gasteiger partial charge in [0.2, 0.25) is 6.10 Å². The van der Waals surface area contributed by atoms with E-state index in [0.29, 0.717) is 44.0 Å². The van der Waals surface area contributed by atoms with E-state index in [4.69, 9.17) is 9.57 Å². The molecule has 106 valence electrons. The van der Waals surface area contributed by atoms with E-state index in [0.717, 1.165) is 0 Å². The lowest BCUT2D eigenvalue weighted by Crippen LogP contribution is -2.45. The summed E-state index contributed by atoms with van der Waals surface area (Å²) in [5.74, 6) is -0.406. The first-order valence-electron chi connectivity index (χ1n) is 6.59. The SMILES string of the molecule is O=C([C@H]1CC(c2cccc(F)c2)=NO1)N1CCOCC1. The Morgan fingerprint density at radius 3 is 2.90 bits per heavy atom. The molecule has 0 N–H and O–H groups in total. The van der Waals surface area contributed by atoms with Gasteiger partial charge < -0.3 is 14.5 Å². The molecule has 1 aromatic carbocycles. The van der Waals surface area contributed by atoms with Crippen LogP contribution < -0.4 is 0 Å². The average Bonchev–Trinajstić information content (AvgIpc) is 2.97. The molecule has 0 unspecified atom stereocenters.